The average molecular weight is 252 g/mol. The maximum absolute atomic E-state index is 11.5. The number of hydrogen-bond acceptors (Lipinski definition) is 3. The van der Waals surface area contributed by atoms with Crippen LogP contribution in [0.25, 0.3) is 0 Å². The Morgan fingerprint density at radius 2 is 2.07 bits per heavy atom. The lowest BCUT2D eigenvalue weighted by molar-refractivity contribution is 0.0988. The van der Waals surface area contributed by atoms with Gasteiger partial charge in [-0.1, -0.05) is 0 Å². The van der Waals surface area contributed by atoms with Crippen LogP contribution in [0.3, 0.4) is 0 Å². The van der Waals surface area contributed by atoms with Gasteiger partial charge in [0.25, 0.3) is 0 Å². The van der Waals surface area contributed by atoms with Crippen LogP contribution in [0, 0.1) is 6.92 Å². The van der Waals surface area contributed by atoms with E-state index in [4.69, 9.17) is 0 Å². The second kappa shape index (κ2) is 3.13. The fourth-order valence-electron chi connectivity index (χ4n) is 1.31. The van der Waals surface area contributed by atoms with Crippen molar-refractivity contribution in [2.45, 2.75) is 6.92 Å². The minimum atomic E-state index is -0.236. The summed E-state index contributed by atoms with van der Waals surface area (Å²) in [7, 11) is 0. The number of hydrogen-bond donors (Lipinski definition) is 0. The SMILES string of the molecule is Cc1cnc2c(c1)C(=O)C=C(Br)C2=O. The number of nitrogens with zero attached hydrogens (tertiary/aromatic N) is 1. The molecule has 0 spiro atoms. The second-order valence-electron chi connectivity index (χ2n) is 3.09. The highest BCUT2D eigenvalue weighted by molar-refractivity contribution is 9.12. The predicted molar refractivity (Wildman–Crippen MR) is 54.6 cm³/mol. The van der Waals surface area contributed by atoms with Crippen LogP contribution in [0.4, 0.5) is 0 Å². The quantitative estimate of drug-likeness (QED) is 0.709. The zero-order chi connectivity index (χ0) is 10.3. The van der Waals surface area contributed by atoms with Crippen molar-refractivity contribution in [1.82, 2.24) is 4.98 Å². The van der Waals surface area contributed by atoms with Crippen LogP contribution in [-0.4, -0.2) is 16.6 Å². The molecule has 0 atom stereocenters. The van der Waals surface area contributed by atoms with Gasteiger partial charge in [0, 0.05) is 12.3 Å². The van der Waals surface area contributed by atoms with E-state index in [0.717, 1.165) is 5.56 Å². The molecule has 3 nitrogen and oxygen atoms in total. The summed E-state index contributed by atoms with van der Waals surface area (Å²) in [6, 6.07) is 1.68. The van der Waals surface area contributed by atoms with Crippen molar-refractivity contribution in [2.75, 3.05) is 0 Å². The van der Waals surface area contributed by atoms with Gasteiger partial charge in [-0.2, -0.15) is 0 Å². The lowest BCUT2D eigenvalue weighted by atomic mass is 9.99. The summed E-state index contributed by atoms with van der Waals surface area (Å²) in [4.78, 5) is 27.0. The van der Waals surface area contributed by atoms with E-state index in [1.54, 1.807) is 12.3 Å². The summed E-state index contributed by atoms with van der Waals surface area (Å²) >= 11 is 3.03. The van der Waals surface area contributed by atoms with Gasteiger partial charge in [0.1, 0.15) is 5.69 Å². The fraction of sp³-hybridized carbons (Fsp3) is 0.100. The Morgan fingerprint density at radius 1 is 1.36 bits per heavy atom. The number of pyridine rings is 1. The molecule has 1 aliphatic rings. The van der Waals surface area contributed by atoms with E-state index in [1.807, 2.05) is 6.92 Å². The monoisotopic (exact) mass is 251 g/mol. The first-order valence-electron chi connectivity index (χ1n) is 4.02. The number of fused-ring (bicyclic) bond motifs is 1. The third kappa shape index (κ3) is 1.32. The van der Waals surface area contributed by atoms with E-state index < -0.39 is 0 Å². The molecule has 0 amide bonds. The summed E-state index contributed by atoms with van der Waals surface area (Å²) < 4.78 is 0.270. The zero-order valence-corrected chi connectivity index (χ0v) is 8.96. The molecule has 0 saturated carbocycles. The molecule has 70 valence electrons. The Morgan fingerprint density at radius 3 is 2.79 bits per heavy atom. The lowest BCUT2D eigenvalue weighted by Crippen LogP contribution is -2.16. The first-order valence-corrected chi connectivity index (χ1v) is 4.82. The highest BCUT2D eigenvalue weighted by atomic mass is 79.9. The molecular formula is C10H6BrNO2. The van der Waals surface area contributed by atoms with E-state index in [1.165, 1.54) is 6.08 Å². The largest absolute Gasteiger partial charge is 0.289 e. The normalized spacial score (nSPS) is 15.1. The van der Waals surface area contributed by atoms with Crippen LogP contribution in [0.2, 0.25) is 0 Å². The molecule has 0 aromatic carbocycles. The maximum atomic E-state index is 11.5. The molecule has 0 bridgehead atoms. The molecule has 2 rings (SSSR count). The molecular weight excluding hydrogens is 246 g/mol. The van der Waals surface area contributed by atoms with Crippen molar-refractivity contribution in [3.05, 3.63) is 39.6 Å². The molecule has 4 heteroatoms. The Balaban J connectivity index is 2.69. The molecule has 1 aromatic heterocycles. The Kier molecular flexibility index (Phi) is 2.07. The molecule has 0 N–H and O–H groups in total. The Labute approximate surface area is 89.0 Å². The Hall–Kier alpha value is -1.29. The van der Waals surface area contributed by atoms with Crippen LogP contribution in [0.1, 0.15) is 26.4 Å². The van der Waals surface area contributed by atoms with Crippen molar-refractivity contribution in [3.8, 4) is 0 Å². The summed E-state index contributed by atoms with van der Waals surface area (Å²) in [6.07, 6.45) is 2.86. The van der Waals surface area contributed by atoms with Gasteiger partial charge in [-0.25, -0.2) is 0 Å². The van der Waals surface area contributed by atoms with Crippen molar-refractivity contribution in [3.63, 3.8) is 0 Å². The highest BCUT2D eigenvalue weighted by Gasteiger charge is 2.25. The zero-order valence-electron chi connectivity index (χ0n) is 7.37. The van der Waals surface area contributed by atoms with Gasteiger partial charge in [-0.05, 0) is 34.5 Å². The summed E-state index contributed by atoms with van der Waals surface area (Å²) in [5.74, 6) is -0.415. The minimum absolute atomic E-state index is 0.178. The van der Waals surface area contributed by atoms with Crippen molar-refractivity contribution >= 4 is 27.5 Å². The number of allylic oxidation sites excluding steroid dienone is 2. The van der Waals surface area contributed by atoms with Gasteiger partial charge in [0.2, 0.25) is 5.78 Å². The first kappa shape index (κ1) is 9.27. The molecule has 0 radical (unpaired) electrons. The summed E-state index contributed by atoms with van der Waals surface area (Å²) in [5.41, 5.74) is 1.49. The second-order valence-corrected chi connectivity index (χ2v) is 3.95. The van der Waals surface area contributed by atoms with Crippen LogP contribution in [-0.2, 0) is 0 Å². The van der Waals surface area contributed by atoms with Crippen molar-refractivity contribution in [2.24, 2.45) is 0 Å². The first-order chi connectivity index (χ1) is 6.59. The van der Waals surface area contributed by atoms with Gasteiger partial charge in [-0.15, -0.1) is 0 Å². The van der Waals surface area contributed by atoms with Gasteiger partial charge >= 0.3 is 0 Å². The standard InChI is InChI=1S/C10H6BrNO2/c1-5-2-6-8(13)3-7(11)10(14)9(6)12-4-5/h2-4H,1H3. The maximum Gasteiger partial charge on any atom is 0.219 e. The van der Waals surface area contributed by atoms with Gasteiger partial charge in [0.05, 0.1) is 10.0 Å². The number of aryl methyl sites for hydroxylation is 1. The number of aromatic nitrogens is 1. The van der Waals surface area contributed by atoms with Gasteiger partial charge < -0.3 is 0 Å². The van der Waals surface area contributed by atoms with E-state index in [9.17, 15) is 9.59 Å². The molecule has 0 saturated heterocycles. The molecule has 1 heterocycles. The van der Waals surface area contributed by atoms with Gasteiger partial charge in [0.15, 0.2) is 5.78 Å². The number of rotatable bonds is 0. The van der Waals surface area contributed by atoms with E-state index in [2.05, 4.69) is 20.9 Å². The third-order valence-electron chi connectivity index (χ3n) is 1.98. The summed E-state index contributed by atoms with van der Waals surface area (Å²) in [5, 5.41) is 0. The number of ketones is 2. The van der Waals surface area contributed by atoms with E-state index in [-0.39, 0.29) is 21.7 Å². The van der Waals surface area contributed by atoms with Crippen molar-refractivity contribution < 1.29 is 9.59 Å². The van der Waals surface area contributed by atoms with Crippen LogP contribution >= 0.6 is 15.9 Å². The number of Topliss-reactive ketones (excluding diaryl/α,β-unsaturated/α-hetero) is 1. The molecule has 0 aliphatic heterocycles. The molecule has 0 unspecified atom stereocenters. The number of carbonyl (C=O) groups is 2. The van der Waals surface area contributed by atoms with Gasteiger partial charge in [-0.3, -0.25) is 14.6 Å². The van der Waals surface area contributed by atoms with Crippen molar-refractivity contribution in [1.29, 1.82) is 0 Å². The van der Waals surface area contributed by atoms with Crippen LogP contribution in [0.15, 0.2) is 22.8 Å². The Bertz CT molecular complexity index is 477. The van der Waals surface area contributed by atoms with E-state index >= 15 is 0 Å². The molecule has 14 heavy (non-hydrogen) atoms. The summed E-state index contributed by atoms with van der Waals surface area (Å²) in [6.45, 7) is 1.83. The minimum Gasteiger partial charge on any atom is -0.289 e. The highest BCUT2D eigenvalue weighted by Crippen LogP contribution is 2.23. The molecule has 1 aromatic rings. The van der Waals surface area contributed by atoms with E-state index in [0.29, 0.717) is 5.56 Å². The number of halogens is 1. The average Bonchev–Trinajstić information content (AvgIpc) is 2.14. The topological polar surface area (TPSA) is 47.0 Å². The predicted octanol–water partition coefficient (Wildman–Crippen LogP) is 2.05. The molecule has 0 fully saturated rings. The van der Waals surface area contributed by atoms with Crippen LogP contribution < -0.4 is 0 Å². The number of carbonyl (C=O) groups excluding carboxylic acids is 2. The van der Waals surface area contributed by atoms with Crippen LogP contribution in [0.5, 0.6) is 0 Å². The smallest absolute Gasteiger partial charge is 0.219 e. The third-order valence-corrected chi connectivity index (χ3v) is 2.57. The molecule has 1 aliphatic carbocycles. The fourth-order valence-corrected chi connectivity index (χ4v) is 1.71. The lowest BCUT2D eigenvalue weighted by Gasteiger charge is -2.10.